The zero-order chi connectivity index (χ0) is 11.0. The molecule has 3 rings (SSSR count). The highest BCUT2D eigenvalue weighted by molar-refractivity contribution is 5.63. The van der Waals surface area contributed by atoms with Crippen LogP contribution in [-0.2, 0) is 0 Å². The van der Waals surface area contributed by atoms with Crippen LogP contribution >= 0.6 is 0 Å². The summed E-state index contributed by atoms with van der Waals surface area (Å²) in [6.45, 7) is 0. The molecular formula is C12H10N4. The van der Waals surface area contributed by atoms with Crippen LogP contribution in [0.1, 0.15) is 0 Å². The number of aromatic nitrogens is 3. The molecule has 0 radical (unpaired) electrons. The summed E-state index contributed by atoms with van der Waals surface area (Å²) in [4.78, 5) is 8.54. The highest BCUT2D eigenvalue weighted by atomic mass is 15.0. The Labute approximate surface area is 92.4 Å². The van der Waals surface area contributed by atoms with Crippen LogP contribution in [0.2, 0.25) is 0 Å². The smallest absolute Gasteiger partial charge is 0.137 e. The Kier molecular flexibility index (Phi) is 1.86. The molecule has 0 aromatic carbocycles. The van der Waals surface area contributed by atoms with Gasteiger partial charge in [0.1, 0.15) is 5.65 Å². The molecule has 0 unspecified atom stereocenters. The molecule has 0 aliphatic rings. The number of hydrogen-bond donors (Lipinski definition) is 1. The van der Waals surface area contributed by atoms with Gasteiger partial charge < -0.3 is 5.73 Å². The van der Waals surface area contributed by atoms with Crippen molar-refractivity contribution in [3.8, 4) is 11.4 Å². The molecule has 0 aliphatic carbocycles. The van der Waals surface area contributed by atoms with Crippen LogP contribution in [0.25, 0.3) is 17.0 Å². The van der Waals surface area contributed by atoms with Gasteiger partial charge in [0.15, 0.2) is 0 Å². The Hall–Kier alpha value is -2.36. The first-order chi connectivity index (χ1) is 7.84. The zero-order valence-corrected chi connectivity index (χ0v) is 8.54. The number of anilines is 1. The Morgan fingerprint density at radius 1 is 1.06 bits per heavy atom. The molecular weight excluding hydrogens is 200 g/mol. The zero-order valence-electron chi connectivity index (χ0n) is 8.54. The van der Waals surface area contributed by atoms with Gasteiger partial charge in [-0.3, -0.25) is 9.38 Å². The predicted molar refractivity (Wildman–Crippen MR) is 62.8 cm³/mol. The third-order valence-electron chi connectivity index (χ3n) is 2.47. The lowest BCUT2D eigenvalue weighted by Gasteiger charge is -2.04. The first kappa shape index (κ1) is 8.91. The van der Waals surface area contributed by atoms with E-state index in [9.17, 15) is 0 Å². The Bertz CT molecular complexity index is 642. The molecule has 0 bridgehead atoms. The van der Waals surface area contributed by atoms with Gasteiger partial charge in [0.25, 0.3) is 0 Å². The second kappa shape index (κ2) is 3.34. The van der Waals surface area contributed by atoms with Crippen molar-refractivity contribution in [2.45, 2.75) is 0 Å². The van der Waals surface area contributed by atoms with Gasteiger partial charge in [-0.1, -0.05) is 6.07 Å². The van der Waals surface area contributed by atoms with Gasteiger partial charge in [-0.25, -0.2) is 4.98 Å². The number of hydrogen-bond acceptors (Lipinski definition) is 3. The summed E-state index contributed by atoms with van der Waals surface area (Å²) in [5.41, 5.74) is 9.20. The predicted octanol–water partition coefficient (Wildman–Crippen LogP) is 1.98. The largest absolute Gasteiger partial charge is 0.399 e. The fourth-order valence-electron chi connectivity index (χ4n) is 1.74. The lowest BCUT2D eigenvalue weighted by Crippen LogP contribution is -1.94. The molecule has 0 spiro atoms. The SMILES string of the molecule is Nc1ccnc(-c2cccc3nccn23)c1. The molecule has 3 aromatic rings. The minimum atomic E-state index is 0.710. The van der Waals surface area contributed by atoms with Gasteiger partial charge in [0, 0.05) is 24.3 Å². The van der Waals surface area contributed by atoms with E-state index < -0.39 is 0 Å². The molecule has 78 valence electrons. The Morgan fingerprint density at radius 3 is 2.88 bits per heavy atom. The van der Waals surface area contributed by atoms with Crippen LogP contribution in [0.15, 0.2) is 48.9 Å². The summed E-state index contributed by atoms with van der Waals surface area (Å²) in [6.07, 6.45) is 5.39. The van der Waals surface area contributed by atoms with Crippen molar-refractivity contribution in [3.05, 3.63) is 48.9 Å². The molecule has 0 aliphatic heterocycles. The van der Waals surface area contributed by atoms with Gasteiger partial charge in [0.2, 0.25) is 0 Å². The standard InChI is InChI=1S/C12H10N4/c13-9-4-5-14-10(8-9)11-2-1-3-12-15-6-7-16(11)12/h1-8H,(H2,13,14). The molecule has 0 amide bonds. The first-order valence-electron chi connectivity index (χ1n) is 4.98. The summed E-state index contributed by atoms with van der Waals surface area (Å²) in [5, 5.41) is 0. The average molecular weight is 210 g/mol. The molecule has 0 saturated heterocycles. The van der Waals surface area contributed by atoms with E-state index in [0.29, 0.717) is 5.69 Å². The van der Waals surface area contributed by atoms with E-state index in [2.05, 4.69) is 9.97 Å². The third-order valence-corrected chi connectivity index (χ3v) is 2.47. The summed E-state index contributed by atoms with van der Waals surface area (Å²) < 4.78 is 1.99. The number of nitrogens with zero attached hydrogens (tertiary/aromatic N) is 3. The van der Waals surface area contributed by atoms with Crippen molar-refractivity contribution >= 4 is 11.3 Å². The third kappa shape index (κ3) is 1.32. The van der Waals surface area contributed by atoms with E-state index in [-0.39, 0.29) is 0 Å². The van der Waals surface area contributed by atoms with Gasteiger partial charge in [-0.2, -0.15) is 0 Å². The van der Waals surface area contributed by atoms with Gasteiger partial charge in [-0.05, 0) is 24.3 Å². The number of pyridine rings is 2. The average Bonchev–Trinajstić information content (AvgIpc) is 2.76. The molecule has 2 N–H and O–H groups in total. The number of imidazole rings is 1. The van der Waals surface area contributed by atoms with Crippen LogP contribution in [-0.4, -0.2) is 14.4 Å². The van der Waals surface area contributed by atoms with Crippen LogP contribution < -0.4 is 5.73 Å². The molecule has 3 heterocycles. The molecule has 0 atom stereocenters. The molecule has 4 heteroatoms. The molecule has 4 nitrogen and oxygen atoms in total. The van der Waals surface area contributed by atoms with Crippen LogP contribution in [0.5, 0.6) is 0 Å². The highest BCUT2D eigenvalue weighted by Crippen LogP contribution is 2.19. The minimum Gasteiger partial charge on any atom is -0.399 e. The van der Waals surface area contributed by atoms with Crippen molar-refractivity contribution in [2.24, 2.45) is 0 Å². The fourth-order valence-corrected chi connectivity index (χ4v) is 1.74. The van der Waals surface area contributed by atoms with Crippen molar-refractivity contribution in [1.82, 2.24) is 14.4 Å². The maximum atomic E-state index is 5.75. The summed E-state index contributed by atoms with van der Waals surface area (Å²) in [5.74, 6) is 0. The van der Waals surface area contributed by atoms with Crippen molar-refractivity contribution < 1.29 is 0 Å². The molecule has 3 aromatic heterocycles. The van der Waals surface area contributed by atoms with Gasteiger partial charge in [0.05, 0.1) is 11.4 Å². The molecule has 0 saturated carbocycles. The molecule has 16 heavy (non-hydrogen) atoms. The monoisotopic (exact) mass is 210 g/mol. The van der Waals surface area contributed by atoms with E-state index >= 15 is 0 Å². The number of rotatable bonds is 1. The quantitative estimate of drug-likeness (QED) is 0.668. The van der Waals surface area contributed by atoms with Gasteiger partial charge in [-0.15, -0.1) is 0 Å². The highest BCUT2D eigenvalue weighted by Gasteiger charge is 2.04. The van der Waals surface area contributed by atoms with E-state index in [1.807, 2.05) is 34.9 Å². The van der Waals surface area contributed by atoms with Gasteiger partial charge >= 0.3 is 0 Å². The summed E-state index contributed by atoms with van der Waals surface area (Å²) in [7, 11) is 0. The lowest BCUT2D eigenvalue weighted by atomic mass is 10.2. The topological polar surface area (TPSA) is 56.2 Å². The maximum absolute atomic E-state index is 5.75. The lowest BCUT2D eigenvalue weighted by molar-refractivity contribution is 1.16. The minimum absolute atomic E-state index is 0.710. The van der Waals surface area contributed by atoms with Crippen LogP contribution in [0.3, 0.4) is 0 Å². The number of nitrogens with two attached hydrogens (primary N) is 1. The van der Waals surface area contributed by atoms with Crippen molar-refractivity contribution in [1.29, 1.82) is 0 Å². The number of nitrogen functional groups attached to an aromatic ring is 1. The van der Waals surface area contributed by atoms with Crippen molar-refractivity contribution in [2.75, 3.05) is 5.73 Å². The maximum Gasteiger partial charge on any atom is 0.137 e. The van der Waals surface area contributed by atoms with Crippen LogP contribution in [0.4, 0.5) is 5.69 Å². The normalized spacial score (nSPS) is 10.8. The number of fused-ring (bicyclic) bond motifs is 1. The van der Waals surface area contributed by atoms with Crippen molar-refractivity contribution in [3.63, 3.8) is 0 Å². The van der Waals surface area contributed by atoms with E-state index in [1.165, 1.54) is 0 Å². The van der Waals surface area contributed by atoms with E-state index in [4.69, 9.17) is 5.73 Å². The summed E-state index contributed by atoms with van der Waals surface area (Å²) >= 11 is 0. The fraction of sp³-hybridized carbons (Fsp3) is 0. The molecule has 0 fully saturated rings. The van der Waals surface area contributed by atoms with E-state index in [0.717, 1.165) is 17.0 Å². The van der Waals surface area contributed by atoms with Crippen LogP contribution in [0, 0.1) is 0 Å². The second-order valence-corrected chi connectivity index (χ2v) is 3.54. The van der Waals surface area contributed by atoms with E-state index in [1.54, 1.807) is 18.5 Å². The second-order valence-electron chi connectivity index (χ2n) is 3.54. The Morgan fingerprint density at radius 2 is 2.00 bits per heavy atom. The summed E-state index contributed by atoms with van der Waals surface area (Å²) in [6, 6.07) is 9.54. The first-order valence-corrected chi connectivity index (χ1v) is 4.98. The Balaban J connectivity index is 2.29.